The van der Waals surface area contributed by atoms with Gasteiger partial charge in [0.2, 0.25) is 0 Å². The molecule has 3 aliphatic rings. The zero-order chi connectivity index (χ0) is 10.2. The number of hydrogen-bond donors (Lipinski definition) is 1. The van der Waals surface area contributed by atoms with Crippen molar-refractivity contribution in [1.29, 1.82) is 0 Å². The van der Waals surface area contributed by atoms with Crippen molar-refractivity contribution in [2.75, 3.05) is 26.3 Å². The second-order valence-corrected chi connectivity index (χ2v) is 5.85. The molecule has 3 rings (SSSR count). The Morgan fingerprint density at radius 2 is 1.73 bits per heavy atom. The third-order valence-corrected chi connectivity index (χ3v) is 5.28. The molecule has 2 spiro atoms. The van der Waals surface area contributed by atoms with Gasteiger partial charge < -0.3 is 10.1 Å². The largest absolute Gasteiger partial charge is 0.381 e. The molecule has 1 N–H and O–H groups in total. The first-order chi connectivity index (χ1) is 7.37. The Morgan fingerprint density at radius 1 is 0.867 bits per heavy atom. The second-order valence-electron chi connectivity index (χ2n) is 5.85. The van der Waals surface area contributed by atoms with E-state index in [0.29, 0.717) is 10.8 Å². The van der Waals surface area contributed by atoms with Crippen molar-refractivity contribution in [2.24, 2.45) is 10.8 Å². The summed E-state index contributed by atoms with van der Waals surface area (Å²) in [6.45, 7) is 4.55. The number of ether oxygens (including phenoxy) is 1. The minimum absolute atomic E-state index is 0.549. The average molecular weight is 209 g/mol. The van der Waals surface area contributed by atoms with E-state index in [-0.39, 0.29) is 0 Å². The van der Waals surface area contributed by atoms with Gasteiger partial charge in [0, 0.05) is 18.6 Å². The van der Waals surface area contributed by atoms with Gasteiger partial charge in [0.05, 0.1) is 6.61 Å². The summed E-state index contributed by atoms with van der Waals surface area (Å²) >= 11 is 0. The Balaban J connectivity index is 1.88. The van der Waals surface area contributed by atoms with E-state index in [9.17, 15) is 0 Å². The van der Waals surface area contributed by atoms with E-state index in [4.69, 9.17) is 4.74 Å². The van der Waals surface area contributed by atoms with Crippen molar-refractivity contribution in [2.45, 2.75) is 44.9 Å². The van der Waals surface area contributed by atoms with Crippen molar-refractivity contribution in [1.82, 2.24) is 5.32 Å². The lowest BCUT2D eigenvalue weighted by Crippen LogP contribution is -2.51. The predicted molar refractivity (Wildman–Crippen MR) is 60.9 cm³/mol. The Labute approximate surface area is 92.8 Å². The van der Waals surface area contributed by atoms with Crippen molar-refractivity contribution < 1.29 is 4.74 Å². The molecule has 0 aromatic rings. The van der Waals surface area contributed by atoms with Crippen LogP contribution in [0.2, 0.25) is 0 Å². The fourth-order valence-corrected chi connectivity index (χ4v) is 4.27. The Kier molecular flexibility index (Phi) is 2.52. The molecule has 3 fully saturated rings. The standard InChI is InChI=1S/C13H23NO/c1-2-4-13(5-3-1)11-15-9-7-12(13)6-8-14-10-12/h14H,1-11H2. The van der Waals surface area contributed by atoms with Gasteiger partial charge in [0.15, 0.2) is 0 Å². The van der Waals surface area contributed by atoms with Gasteiger partial charge in [-0.1, -0.05) is 19.3 Å². The molecular formula is C13H23NO. The molecule has 0 aromatic heterocycles. The molecular weight excluding hydrogens is 186 g/mol. The highest BCUT2D eigenvalue weighted by molar-refractivity contribution is 5.05. The lowest BCUT2D eigenvalue weighted by molar-refractivity contribution is -0.122. The van der Waals surface area contributed by atoms with E-state index < -0.39 is 0 Å². The molecule has 1 unspecified atom stereocenters. The van der Waals surface area contributed by atoms with Crippen LogP contribution in [0.1, 0.15) is 44.9 Å². The first kappa shape index (κ1) is 10.1. The van der Waals surface area contributed by atoms with Gasteiger partial charge in [-0.25, -0.2) is 0 Å². The fraction of sp³-hybridized carbons (Fsp3) is 1.00. The zero-order valence-corrected chi connectivity index (χ0v) is 9.69. The number of rotatable bonds is 0. The van der Waals surface area contributed by atoms with E-state index in [1.54, 1.807) is 0 Å². The summed E-state index contributed by atoms with van der Waals surface area (Å²) in [5, 5.41) is 3.60. The first-order valence-electron chi connectivity index (χ1n) is 6.66. The summed E-state index contributed by atoms with van der Waals surface area (Å²) < 4.78 is 5.82. The van der Waals surface area contributed by atoms with Gasteiger partial charge in [0.1, 0.15) is 0 Å². The van der Waals surface area contributed by atoms with Crippen LogP contribution in [0.5, 0.6) is 0 Å². The van der Waals surface area contributed by atoms with Crippen molar-refractivity contribution in [3.05, 3.63) is 0 Å². The quantitative estimate of drug-likeness (QED) is 0.661. The van der Waals surface area contributed by atoms with Crippen LogP contribution in [0.4, 0.5) is 0 Å². The van der Waals surface area contributed by atoms with E-state index in [0.717, 1.165) is 13.2 Å². The maximum atomic E-state index is 5.82. The summed E-state index contributed by atoms with van der Waals surface area (Å²) in [5.74, 6) is 0. The van der Waals surface area contributed by atoms with Crippen molar-refractivity contribution in [3.8, 4) is 0 Å². The fourth-order valence-electron chi connectivity index (χ4n) is 4.27. The molecule has 2 heteroatoms. The van der Waals surface area contributed by atoms with Crippen LogP contribution in [0.25, 0.3) is 0 Å². The Bertz CT molecular complexity index is 218. The highest BCUT2D eigenvalue weighted by Gasteiger charge is 2.54. The van der Waals surface area contributed by atoms with Crippen LogP contribution >= 0.6 is 0 Å². The summed E-state index contributed by atoms with van der Waals surface area (Å²) in [4.78, 5) is 0. The normalized spacial score (nSPS) is 40.0. The van der Waals surface area contributed by atoms with Crippen molar-refractivity contribution >= 4 is 0 Å². The molecule has 2 nitrogen and oxygen atoms in total. The molecule has 2 saturated heterocycles. The van der Waals surface area contributed by atoms with Gasteiger partial charge in [-0.3, -0.25) is 0 Å². The number of hydrogen-bond acceptors (Lipinski definition) is 2. The van der Waals surface area contributed by atoms with E-state index in [1.165, 1.54) is 58.0 Å². The molecule has 0 bridgehead atoms. The maximum absolute atomic E-state index is 5.82. The van der Waals surface area contributed by atoms with Gasteiger partial charge in [-0.15, -0.1) is 0 Å². The smallest absolute Gasteiger partial charge is 0.0528 e. The molecule has 0 aromatic carbocycles. The molecule has 86 valence electrons. The summed E-state index contributed by atoms with van der Waals surface area (Å²) in [6.07, 6.45) is 9.88. The maximum Gasteiger partial charge on any atom is 0.0528 e. The van der Waals surface area contributed by atoms with E-state index in [1.807, 2.05) is 0 Å². The van der Waals surface area contributed by atoms with Gasteiger partial charge in [-0.2, -0.15) is 0 Å². The minimum atomic E-state index is 0.549. The molecule has 2 heterocycles. The van der Waals surface area contributed by atoms with E-state index >= 15 is 0 Å². The van der Waals surface area contributed by atoms with Crippen LogP contribution in [0, 0.1) is 10.8 Å². The van der Waals surface area contributed by atoms with Gasteiger partial charge in [-0.05, 0) is 37.6 Å². The second kappa shape index (κ2) is 3.74. The van der Waals surface area contributed by atoms with Crippen LogP contribution < -0.4 is 5.32 Å². The van der Waals surface area contributed by atoms with Crippen LogP contribution in [-0.4, -0.2) is 26.3 Å². The Hall–Kier alpha value is -0.0800. The van der Waals surface area contributed by atoms with E-state index in [2.05, 4.69) is 5.32 Å². The van der Waals surface area contributed by atoms with Crippen LogP contribution in [0.3, 0.4) is 0 Å². The molecule has 0 radical (unpaired) electrons. The molecule has 15 heavy (non-hydrogen) atoms. The number of fused-ring (bicyclic) bond motifs is 1. The average Bonchev–Trinajstić information content (AvgIpc) is 2.75. The topological polar surface area (TPSA) is 21.3 Å². The number of nitrogens with one attached hydrogen (secondary N) is 1. The van der Waals surface area contributed by atoms with Crippen molar-refractivity contribution in [3.63, 3.8) is 0 Å². The van der Waals surface area contributed by atoms with Gasteiger partial charge >= 0.3 is 0 Å². The van der Waals surface area contributed by atoms with Crippen LogP contribution in [0.15, 0.2) is 0 Å². The minimum Gasteiger partial charge on any atom is -0.381 e. The highest BCUT2D eigenvalue weighted by Crippen LogP contribution is 2.56. The molecule has 1 saturated carbocycles. The first-order valence-corrected chi connectivity index (χ1v) is 6.66. The lowest BCUT2D eigenvalue weighted by Gasteiger charge is -2.53. The molecule has 1 aliphatic carbocycles. The van der Waals surface area contributed by atoms with Gasteiger partial charge in [0.25, 0.3) is 0 Å². The SMILES string of the molecule is C1CCC2(CC1)COCCC21CCNC1. The third-order valence-electron chi connectivity index (χ3n) is 5.28. The molecule has 0 amide bonds. The third kappa shape index (κ3) is 1.45. The highest BCUT2D eigenvalue weighted by atomic mass is 16.5. The van der Waals surface area contributed by atoms with Crippen LogP contribution in [-0.2, 0) is 4.74 Å². The predicted octanol–water partition coefficient (Wildman–Crippen LogP) is 2.34. The Morgan fingerprint density at radius 3 is 2.47 bits per heavy atom. The zero-order valence-electron chi connectivity index (χ0n) is 9.69. The summed E-state index contributed by atoms with van der Waals surface area (Å²) in [7, 11) is 0. The summed E-state index contributed by atoms with van der Waals surface area (Å²) in [6, 6.07) is 0. The summed E-state index contributed by atoms with van der Waals surface area (Å²) in [5.41, 5.74) is 1.15. The molecule has 1 atom stereocenters. The molecule has 2 aliphatic heterocycles. The lowest BCUT2D eigenvalue weighted by atomic mass is 9.55. The monoisotopic (exact) mass is 209 g/mol.